The van der Waals surface area contributed by atoms with E-state index in [-0.39, 0.29) is 12.1 Å². The number of aryl methyl sites for hydroxylation is 2. The van der Waals surface area contributed by atoms with Gasteiger partial charge in [0, 0.05) is 0 Å². The van der Waals surface area contributed by atoms with Crippen LogP contribution in [0.25, 0.3) is 0 Å². The molecule has 0 saturated carbocycles. The Morgan fingerprint density at radius 1 is 1.00 bits per heavy atom. The molecule has 0 spiro atoms. The van der Waals surface area contributed by atoms with E-state index < -0.39 is 0 Å². The average molecular weight is 296 g/mol. The second-order valence-electron chi connectivity index (χ2n) is 5.81. The van der Waals surface area contributed by atoms with E-state index in [2.05, 4.69) is 31.2 Å². The van der Waals surface area contributed by atoms with E-state index in [1.807, 2.05) is 25.1 Å². The van der Waals surface area contributed by atoms with Crippen molar-refractivity contribution in [1.82, 2.24) is 0 Å². The van der Waals surface area contributed by atoms with Crippen LogP contribution in [-0.4, -0.2) is 12.1 Å². The molecule has 0 aliphatic rings. The van der Waals surface area contributed by atoms with Crippen molar-refractivity contribution in [2.75, 3.05) is 0 Å². The van der Waals surface area contributed by atoms with Crippen molar-refractivity contribution >= 4 is 5.97 Å². The Morgan fingerprint density at radius 2 is 1.68 bits per heavy atom. The van der Waals surface area contributed by atoms with Gasteiger partial charge in [0.1, 0.15) is 0 Å². The highest BCUT2D eigenvalue weighted by atomic mass is 16.5. The SMILES string of the molecule is Cc1ccc(CCCCC(C)OC(=O)c2ccccc2)cc1. The van der Waals surface area contributed by atoms with E-state index in [1.54, 1.807) is 12.1 Å². The molecule has 0 heterocycles. The lowest BCUT2D eigenvalue weighted by Crippen LogP contribution is -2.15. The number of esters is 1. The first-order chi connectivity index (χ1) is 10.6. The van der Waals surface area contributed by atoms with Gasteiger partial charge in [-0.05, 0) is 57.2 Å². The summed E-state index contributed by atoms with van der Waals surface area (Å²) in [6.45, 7) is 4.07. The van der Waals surface area contributed by atoms with E-state index in [1.165, 1.54) is 11.1 Å². The van der Waals surface area contributed by atoms with Gasteiger partial charge in [0.05, 0.1) is 11.7 Å². The molecule has 116 valence electrons. The number of ether oxygens (including phenoxy) is 1. The summed E-state index contributed by atoms with van der Waals surface area (Å²) in [6, 6.07) is 17.8. The van der Waals surface area contributed by atoms with Gasteiger partial charge < -0.3 is 4.74 Å². The molecule has 0 aromatic heterocycles. The third kappa shape index (κ3) is 5.36. The van der Waals surface area contributed by atoms with Crippen molar-refractivity contribution < 1.29 is 9.53 Å². The first-order valence-electron chi connectivity index (χ1n) is 7.97. The van der Waals surface area contributed by atoms with Crippen molar-refractivity contribution in [3.05, 3.63) is 71.3 Å². The molecule has 0 radical (unpaired) electrons. The van der Waals surface area contributed by atoms with Gasteiger partial charge in [0.15, 0.2) is 0 Å². The van der Waals surface area contributed by atoms with Crippen LogP contribution in [0.1, 0.15) is 47.7 Å². The summed E-state index contributed by atoms with van der Waals surface area (Å²) in [5, 5.41) is 0. The summed E-state index contributed by atoms with van der Waals surface area (Å²) in [4.78, 5) is 11.9. The zero-order valence-corrected chi connectivity index (χ0v) is 13.4. The van der Waals surface area contributed by atoms with Crippen molar-refractivity contribution in [2.45, 2.75) is 45.6 Å². The Labute approximate surface area is 133 Å². The van der Waals surface area contributed by atoms with Gasteiger partial charge in [-0.3, -0.25) is 0 Å². The molecule has 2 rings (SSSR count). The maximum Gasteiger partial charge on any atom is 0.338 e. The smallest absolute Gasteiger partial charge is 0.338 e. The fourth-order valence-electron chi connectivity index (χ4n) is 2.40. The summed E-state index contributed by atoms with van der Waals surface area (Å²) < 4.78 is 5.47. The molecule has 0 N–H and O–H groups in total. The zero-order chi connectivity index (χ0) is 15.8. The molecule has 2 aromatic carbocycles. The maximum absolute atomic E-state index is 11.9. The van der Waals surface area contributed by atoms with Crippen LogP contribution in [-0.2, 0) is 11.2 Å². The third-order valence-electron chi connectivity index (χ3n) is 3.76. The number of hydrogen-bond acceptors (Lipinski definition) is 2. The zero-order valence-electron chi connectivity index (χ0n) is 13.4. The lowest BCUT2D eigenvalue weighted by Gasteiger charge is -2.13. The number of unbranched alkanes of at least 4 members (excludes halogenated alkanes) is 1. The summed E-state index contributed by atoms with van der Waals surface area (Å²) in [5.41, 5.74) is 3.29. The summed E-state index contributed by atoms with van der Waals surface area (Å²) in [5.74, 6) is -0.230. The number of carbonyl (C=O) groups excluding carboxylic acids is 1. The van der Waals surface area contributed by atoms with Crippen molar-refractivity contribution in [3.8, 4) is 0 Å². The predicted molar refractivity (Wildman–Crippen MR) is 90.1 cm³/mol. The predicted octanol–water partition coefficient (Wildman–Crippen LogP) is 4.95. The van der Waals surface area contributed by atoms with Gasteiger partial charge in [-0.15, -0.1) is 0 Å². The summed E-state index contributed by atoms with van der Waals surface area (Å²) in [7, 11) is 0. The van der Waals surface area contributed by atoms with Crippen LogP contribution in [0.3, 0.4) is 0 Å². The molecule has 1 atom stereocenters. The number of carbonyl (C=O) groups is 1. The molecule has 0 amide bonds. The largest absolute Gasteiger partial charge is 0.459 e. The van der Waals surface area contributed by atoms with Gasteiger partial charge in [-0.25, -0.2) is 4.79 Å². The minimum Gasteiger partial charge on any atom is -0.459 e. The molecule has 2 aromatic rings. The van der Waals surface area contributed by atoms with Crippen LogP contribution >= 0.6 is 0 Å². The van der Waals surface area contributed by atoms with E-state index in [0.717, 1.165) is 25.7 Å². The van der Waals surface area contributed by atoms with Crippen LogP contribution in [0, 0.1) is 6.92 Å². The van der Waals surface area contributed by atoms with Crippen LogP contribution in [0.5, 0.6) is 0 Å². The number of hydrogen-bond donors (Lipinski definition) is 0. The minimum absolute atomic E-state index is 0.0364. The topological polar surface area (TPSA) is 26.3 Å². The normalized spacial score (nSPS) is 11.9. The average Bonchev–Trinajstić information content (AvgIpc) is 2.54. The van der Waals surface area contributed by atoms with Gasteiger partial charge in [-0.2, -0.15) is 0 Å². The molecule has 2 heteroatoms. The first-order valence-corrected chi connectivity index (χ1v) is 7.97. The molecule has 0 bridgehead atoms. The molecule has 1 unspecified atom stereocenters. The number of benzene rings is 2. The molecule has 0 aliphatic heterocycles. The Balaban J connectivity index is 1.66. The van der Waals surface area contributed by atoms with Crippen LogP contribution < -0.4 is 0 Å². The van der Waals surface area contributed by atoms with Crippen LogP contribution in [0.2, 0.25) is 0 Å². The van der Waals surface area contributed by atoms with Gasteiger partial charge in [0.25, 0.3) is 0 Å². The molecule has 0 aliphatic carbocycles. The van der Waals surface area contributed by atoms with Crippen LogP contribution in [0.15, 0.2) is 54.6 Å². The number of rotatable bonds is 7. The maximum atomic E-state index is 11.9. The highest BCUT2D eigenvalue weighted by Gasteiger charge is 2.11. The second kappa shape index (κ2) is 8.38. The molecular formula is C20H24O2. The Morgan fingerprint density at radius 3 is 2.36 bits per heavy atom. The lowest BCUT2D eigenvalue weighted by molar-refractivity contribution is 0.0319. The highest BCUT2D eigenvalue weighted by Crippen LogP contribution is 2.12. The fourth-order valence-corrected chi connectivity index (χ4v) is 2.40. The summed E-state index contributed by atoms with van der Waals surface area (Å²) in [6.07, 6.45) is 4.14. The van der Waals surface area contributed by atoms with Gasteiger partial charge >= 0.3 is 5.97 Å². The van der Waals surface area contributed by atoms with Crippen molar-refractivity contribution in [2.24, 2.45) is 0 Å². The van der Waals surface area contributed by atoms with Crippen molar-refractivity contribution in [1.29, 1.82) is 0 Å². The molecule has 0 saturated heterocycles. The molecule has 0 fully saturated rings. The second-order valence-corrected chi connectivity index (χ2v) is 5.81. The Kier molecular flexibility index (Phi) is 6.20. The first kappa shape index (κ1) is 16.3. The molecule has 2 nitrogen and oxygen atoms in total. The third-order valence-corrected chi connectivity index (χ3v) is 3.76. The monoisotopic (exact) mass is 296 g/mol. The van der Waals surface area contributed by atoms with E-state index in [0.29, 0.717) is 5.56 Å². The highest BCUT2D eigenvalue weighted by molar-refractivity contribution is 5.89. The van der Waals surface area contributed by atoms with E-state index in [9.17, 15) is 4.79 Å². The van der Waals surface area contributed by atoms with E-state index in [4.69, 9.17) is 4.74 Å². The van der Waals surface area contributed by atoms with E-state index >= 15 is 0 Å². The van der Waals surface area contributed by atoms with Crippen LogP contribution in [0.4, 0.5) is 0 Å². The molecule has 22 heavy (non-hydrogen) atoms. The summed E-state index contributed by atoms with van der Waals surface area (Å²) >= 11 is 0. The Bertz CT molecular complexity index is 572. The van der Waals surface area contributed by atoms with Gasteiger partial charge in [-0.1, -0.05) is 48.0 Å². The quantitative estimate of drug-likeness (QED) is 0.533. The Hall–Kier alpha value is -2.09. The minimum atomic E-state index is -0.230. The molecular weight excluding hydrogens is 272 g/mol. The standard InChI is InChI=1S/C20H24O2/c1-16-12-14-18(15-13-16)9-7-6-8-17(2)22-20(21)19-10-4-3-5-11-19/h3-5,10-15,17H,6-9H2,1-2H3. The fraction of sp³-hybridized carbons (Fsp3) is 0.350. The lowest BCUT2D eigenvalue weighted by atomic mass is 10.0. The van der Waals surface area contributed by atoms with Gasteiger partial charge in [0.2, 0.25) is 0 Å². The van der Waals surface area contributed by atoms with Crippen molar-refractivity contribution in [3.63, 3.8) is 0 Å².